The monoisotopic (exact) mass is 300 g/mol. The van der Waals surface area contributed by atoms with Crippen LogP contribution in [0.4, 0.5) is 5.69 Å². The lowest BCUT2D eigenvalue weighted by molar-refractivity contribution is -0.119. The minimum absolute atomic E-state index is 0.0387. The number of benzene rings is 1. The molecule has 0 radical (unpaired) electrons. The van der Waals surface area contributed by atoms with E-state index in [1.54, 1.807) is 0 Å². The Hall–Kier alpha value is -1.88. The van der Waals surface area contributed by atoms with Crippen LogP contribution in [0.25, 0.3) is 0 Å². The lowest BCUT2D eigenvalue weighted by Gasteiger charge is -2.27. The average molecular weight is 300 g/mol. The molecule has 0 spiro atoms. The van der Waals surface area contributed by atoms with Crippen molar-refractivity contribution < 1.29 is 14.3 Å². The third kappa shape index (κ3) is 2.39. The molecule has 3 aliphatic rings. The van der Waals surface area contributed by atoms with E-state index in [1.807, 2.05) is 28.0 Å². The summed E-state index contributed by atoms with van der Waals surface area (Å²) in [5, 5.41) is 0. The van der Waals surface area contributed by atoms with Gasteiger partial charge in [-0.1, -0.05) is 6.07 Å². The van der Waals surface area contributed by atoms with Gasteiger partial charge in [-0.15, -0.1) is 0 Å². The first-order valence-corrected chi connectivity index (χ1v) is 8.05. The van der Waals surface area contributed by atoms with Crippen LogP contribution < -0.4 is 4.90 Å². The van der Waals surface area contributed by atoms with Crippen LogP contribution in [-0.4, -0.2) is 49.6 Å². The number of ether oxygens (including phenoxy) is 1. The van der Waals surface area contributed by atoms with Gasteiger partial charge in [-0.3, -0.25) is 9.59 Å². The molecule has 2 amide bonds. The number of nitrogens with zero attached hydrogens (tertiary/aromatic N) is 2. The van der Waals surface area contributed by atoms with Crippen molar-refractivity contribution in [3.8, 4) is 0 Å². The van der Waals surface area contributed by atoms with E-state index in [4.69, 9.17) is 4.74 Å². The van der Waals surface area contributed by atoms with E-state index in [1.165, 1.54) is 5.56 Å². The Morgan fingerprint density at radius 3 is 2.59 bits per heavy atom. The third-order valence-electron chi connectivity index (χ3n) is 4.72. The highest BCUT2D eigenvalue weighted by Crippen LogP contribution is 2.37. The van der Waals surface area contributed by atoms with E-state index in [0.717, 1.165) is 31.5 Å². The predicted molar refractivity (Wildman–Crippen MR) is 81.9 cm³/mol. The van der Waals surface area contributed by atoms with Gasteiger partial charge in [-0.05, 0) is 37.0 Å². The second-order valence-electron chi connectivity index (χ2n) is 6.26. The minimum Gasteiger partial charge on any atom is -0.378 e. The highest BCUT2D eigenvalue weighted by atomic mass is 16.5. The van der Waals surface area contributed by atoms with Crippen LogP contribution in [0.2, 0.25) is 0 Å². The van der Waals surface area contributed by atoms with Crippen LogP contribution >= 0.6 is 0 Å². The van der Waals surface area contributed by atoms with Crippen molar-refractivity contribution in [2.45, 2.75) is 19.3 Å². The fraction of sp³-hybridized carbons (Fsp3) is 0.529. The number of fused-ring (bicyclic) bond motifs is 1. The quantitative estimate of drug-likeness (QED) is 0.831. The topological polar surface area (TPSA) is 49.9 Å². The summed E-state index contributed by atoms with van der Waals surface area (Å²) in [7, 11) is 0. The molecule has 22 heavy (non-hydrogen) atoms. The fourth-order valence-corrected chi connectivity index (χ4v) is 3.24. The number of anilines is 1. The molecule has 2 heterocycles. The molecule has 0 N–H and O–H groups in total. The summed E-state index contributed by atoms with van der Waals surface area (Å²) in [5.74, 6) is 0.482. The van der Waals surface area contributed by atoms with Gasteiger partial charge in [0.15, 0.2) is 0 Å². The van der Waals surface area contributed by atoms with Crippen LogP contribution in [-0.2, 0) is 16.0 Å². The maximum Gasteiger partial charge on any atom is 0.254 e. The van der Waals surface area contributed by atoms with Gasteiger partial charge >= 0.3 is 0 Å². The molecular formula is C17H20N2O3. The number of hydrogen-bond donors (Lipinski definition) is 0. The van der Waals surface area contributed by atoms with Crippen LogP contribution in [0.5, 0.6) is 0 Å². The van der Waals surface area contributed by atoms with Crippen molar-refractivity contribution in [3.05, 3.63) is 29.3 Å². The molecule has 5 heteroatoms. The number of rotatable bonds is 2. The lowest BCUT2D eigenvalue weighted by Crippen LogP contribution is -2.40. The van der Waals surface area contributed by atoms with Crippen LogP contribution in [0.15, 0.2) is 18.2 Å². The molecule has 5 nitrogen and oxygen atoms in total. The molecule has 116 valence electrons. The number of morpholine rings is 1. The van der Waals surface area contributed by atoms with Gasteiger partial charge < -0.3 is 14.5 Å². The van der Waals surface area contributed by atoms with E-state index < -0.39 is 0 Å². The molecule has 1 aliphatic carbocycles. The molecule has 2 fully saturated rings. The zero-order chi connectivity index (χ0) is 15.1. The maximum absolute atomic E-state index is 12.6. The summed E-state index contributed by atoms with van der Waals surface area (Å²) in [6.07, 6.45) is 2.91. The fourth-order valence-electron chi connectivity index (χ4n) is 3.24. The molecule has 1 saturated heterocycles. The van der Waals surface area contributed by atoms with E-state index >= 15 is 0 Å². The number of carbonyl (C=O) groups excluding carboxylic acids is 2. The minimum atomic E-state index is 0.0387. The van der Waals surface area contributed by atoms with Gasteiger partial charge in [-0.2, -0.15) is 0 Å². The van der Waals surface area contributed by atoms with E-state index in [-0.39, 0.29) is 17.7 Å². The predicted octanol–water partition coefficient (Wildman–Crippen LogP) is 1.46. The molecule has 0 atom stereocenters. The molecule has 1 aromatic rings. The zero-order valence-corrected chi connectivity index (χ0v) is 12.6. The summed E-state index contributed by atoms with van der Waals surface area (Å²) in [4.78, 5) is 28.7. The molecule has 1 aromatic carbocycles. The summed E-state index contributed by atoms with van der Waals surface area (Å²) < 4.78 is 5.29. The van der Waals surface area contributed by atoms with Crippen molar-refractivity contribution in [2.75, 3.05) is 37.7 Å². The largest absolute Gasteiger partial charge is 0.378 e. The molecule has 0 unspecified atom stereocenters. The zero-order valence-electron chi connectivity index (χ0n) is 12.6. The number of carbonyl (C=O) groups is 2. The lowest BCUT2D eigenvalue weighted by atomic mass is 10.1. The third-order valence-corrected chi connectivity index (χ3v) is 4.72. The van der Waals surface area contributed by atoms with E-state index in [9.17, 15) is 9.59 Å². The Labute approximate surface area is 129 Å². The van der Waals surface area contributed by atoms with Crippen LogP contribution in [0.1, 0.15) is 28.8 Å². The highest BCUT2D eigenvalue weighted by Gasteiger charge is 2.36. The number of amides is 2. The first-order valence-electron chi connectivity index (χ1n) is 8.05. The molecule has 1 saturated carbocycles. The average Bonchev–Trinajstić information content (AvgIpc) is 3.33. The standard InChI is InChI=1S/C17H20N2O3/c20-16(18-7-9-22-10-8-18)14-4-1-12-5-6-19(15(12)11-14)17(21)13-2-3-13/h1,4,11,13H,2-3,5-10H2. The molecule has 0 aromatic heterocycles. The van der Waals surface area contributed by atoms with E-state index in [2.05, 4.69) is 0 Å². The summed E-state index contributed by atoms with van der Waals surface area (Å²) in [6.45, 7) is 3.23. The van der Waals surface area contributed by atoms with E-state index in [0.29, 0.717) is 31.9 Å². The molecule has 2 aliphatic heterocycles. The summed E-state index contributed by atoms with van der Waals surface area (Å²) in [5.41, 5.74) is 2.79. The summed E-state index contributed by atoms with van der Waals surface area (Å²) in [6, 6.07) is 5.80. The first-order chi connectivity index (χ1) is 10.7. The second-order valence-corrected chi connectivity index (χ2v) is 6.26. The van der Waals surface area contributed by atoms with Gasteiger partial charge in [0.2, 0.25) is 5.91 Å². The summed E-state index contributed by atoms with van der Waals surface area (Å²) >= 11 is 0. The SMILES string of the molecule is O=C(c1ccc2c(c1)N(C(=O)C1CC1)CC2)N1CCOCC1. The van der Waals surface area contributed by atoms with Gasteiger partial charge in [-0.25, -0.2) is 0 Å². The van der Waals surface area contributed by atoms with Gasteiger partial charge in [0.1, 0.15) is 0 Å². The van der Waals surface area contributed by atoms with Gasteiger partial charge in [0, 0.05) is 36.8 Å². The Kier molecular flexibility index (Phi) is 3.37. The molecular weight excluding hydrogens is 280 g/mol. The van der Waals surface area contributed by atoms with Crippen molar-refractivity contribution in [1.82, 2.24) is 4.90 Å². The molecule has 0 bridgehead atoms. The Morgan fingerprint density at radius 1 is 1.09 bits per heavy atom. The Bertz CT molecular complexity index is 618. The van der Waals surface area contributed by atoms with Crippen LogP contribution in [0.3, 0.4) is 0 Å². The smallest absolute Gasteiger partial charge is 0.254 e. The van der Waals surface area contributed by atoms with Crippen molar-refractivity contribution >= 4 is 17.5 Å². The van der Waals surface area contributed by atoms with Gasteiger partial charge in [0.05, 0.1) is 13.2 Å². The normalized spacial score (nSPS) is 20.9. The number of hydrogen-bond acceptors (Lipinski definition) is 3. The highest BCUT2D eigenvalue weighted by molar-refractivity contribution is 6.01. The van der Waals surface area contributed by atoms with Crippen molar-refractivity contribution in [2.24, 2.45) is 5.92 Å². The van der Waals surface area contributed by atoms with Crippen LogP contribution in [0, 0.1) is 5.92 Å². The van der Waals surface area contributed by atoms with Crippen molar-refractivity contribution in [3.63, 3.8) is 0 Å². The van der Waals surface area contributed by atoms with Gasteiger partial charge in [0.25, 0.3) is 5.91 Å². The van der Waals surface area contributed by atoms with Crippen molar-refractivity contribution in [1.29, 1.82) is 0 Å². The maximum atomic E-state index is 12.6. The molecule has 4 rings (SSSR count). The Morgan fingerprint density at radius 2 is 1.86 bits per heavy atom. The first kappa shape index (κ1) is 13.8. The second kappa shape index (κ2) is 5.39. The Balaban J connectivity index is 1.58.